The Morgan fingerprint density at radius 2 is 2.19 bits per heavy atom. The summed E-state index contributed by atoms with van der Waals surface area (Å²) in [6.45, 7) is 2.38. The first-order valence-electron chi connectivity index (χ1n) is 6.41. The fraction of sp³-hybridized carbons (Fsp3) is 0.231. The Balaban J connectivity index is 2.00. The van der Waals surface area contributed by atoms with Crippen molar-refractivity contribution in [1.82, 2.24) is 20.1 Å². The fourth-order valence-electron chi connectivity index (χ4n) is 1.73. The molecule has 0 aliphatic carbocycles. The summed E-state index contributed by atoms with van der Waals surface area (Å²) in [7, 11) is 0. The number of carbonyl (C=O) groups is 2. The highest BCUT2D eigenvalue weighted by Crippen LogP contribution is 2.10. The molecule has 0 atom stereocenters. The summed E-state index contributed by atoms with van der Waals surface area (Å²) < 4.78 is 1.33. The van der Waals surface area contributed by atoms with E-state index in [0.29, 0.717) is 17.8 Å². The third kappa shape index (κ3) is 4.03. The number of nitrogens with zero attached hydrogens (tertiary/aromatic N) is 3. The number of hydrogen-bond acceptors (Lipinski definition) is 5. The molecule has 110 valence electrons. The van der Waals surface area contributed by atoms with E-state index in [0.717, 1.165) is 0 Å². The van der Waals surface area contributed by atoms with Crippen molar-refractivity contribution in [2.45, 2.75) is 13.5 Å². The number of nitrogens with one attached hydrogen (secondary N) is 2. The number of anilines is 2. The zero-order chi connectivity index (χ0) is 15.2. The Bertz CT molecular complexity index is 652. The monoisotopic (exact) mass is 288 g/mol. The molecule has 0 saturated carbocycles. The van der Waals surface area contributed by atoms with Crippen LogP contribution in [0.1, 0.15) is 17.3 Å². The maximum Gasteiger partial charge on any atom is 0.251 e. The van der Waals surface area contributed by atoms with Crippen molar-refractivity contribution in [2.24, 2.45) is 0 Å². The fourth-order valence-corrected chi connectivity index (χ4v) is 1.73. The molecule has 4 N–H and O–H groups in total. The van der Waals surface area contributed by atoms with Crippen molar-refractivity contribution in [1.29, 1.82) is 0 Å². The number of nitrogens with two attached hydrogens (primary N) is 1. The van der Waals surface area contributed by atoms with Crippen molar-refractivity contribution >= 4 is 23.5 Å². The van der Waals surface area contributed by atoms with E-state index in [2.05, 4.69) is 20.7 Å². The van der Waals surface area contributed by atoms with Crippen LogP contribution in [0, 0.1) is 0 Å². The van der Waals surface area contributed by atoms with Gasteiger partial charge in [-0.2, -0.15) is 0 Å². The number of nitrogen functional groups attached to an aromatic ring is 1. The molecule has 2 aromatic rings. The minimum atomic E-state index is -0.284. The Morgan fingerprint density at radius 1 is 1.38 bits per heavy atom. The smallest absolute Gasteiger partial charge is 0.251 e. The topological polar surface area (TPSA) is 115 Å². The maximum atomic E-state index is 11.9. The first kappa shape index (κ1) is 14.5. The summed E-state index contributed by atoms with van der Waals surface area (Å²) in [5.74, 6) is -0.355. The number of amides is 2. The van der Waals surface area contributed by atoms with E-state index in [1.165, 1.54) is 11.0 Å². The van der Waals surface area contributed by atoms with Crippen LogP contribution in [0.25, 0.3) is 0 Å². The van der Waals surface area contributed by atoms with E-state index in [1.54, 1.807) is 24.3 Å². The minimum Gasteiger partial charge on any atom is -0.367 e. The highest BCUT2D eigenvalue weighted by molar-refractivity contribution is 5.97. The normalized spacial score (nSPS) is 10.1. The van der Waals surface area contributed by atoms with Crippen LogP contribution >= 0.6 is 0 Å². The molecule has 1 aromatic carbocycles. The second-order valence-corrected chi connectivity index (χ2v) is 4.29. The van der Waals surface area contributed by atoms with Crippen LogP contribution in [0.2, 0.25) is 0 Å². The molecule has 0 aliphatic heterocycles. The van der Waals surface area contributed by atoms with Gasteiger partial charge in [0.2, 0.25) is 11.9 Å². The van der Waals surface area contributed by atoms with Gasteiger partial charge >= 0.3 is 0 Å². The first-order valence-corrected chi connectivity index (χ1v) is 6.41. The Hall–Kier alpha value is -2.90. The minimum absolute atomic E-state index is 0.00438. The van der Waals surface area contributed by atoms with Crippen molar-refractivity contribution < 1.29 is 9.59 Å². The van der Waals surface area contributed by atoms with Gasteiger partial charge in [-0.1, -0.05) is 6.07 Å². The van der Waals surface area contributed by atoms with Crippen molar-refractivity contribution in [2.75, 3.05) is 17.6 Å². The third-order valence-corrected chi connectivity index (χ3v) is 2.61. The number of benzene rings is 1. The zero-order valence-electron chi connectivity index (χ0n) is 11.5. The lowest BCUT2D eigenvalue weighted by Gasteiger charge is -2.07. The molecule has 8 nitrogen and oxygen atoms in total. The van der Waals surface area contributed by atoms with E-state index < -0.39 is 0 Å². The standard InChI is InChI=1S/C13H16N6O2/c1-2-15-12(21)9-4-3-5-10(6-9)17-11(20)7-19-8-16-13(14)18-19/h3-6,8H,2,7H2,1H3,(H2,14,18)(H,15,21)(H,17,20). The zero-order valence-corrected chi connectivity index (χ0v) is 11.5. The van der Waals surface area contributed by atoms with Crippen LogP contribution in [-0.4, -0.2) is 33.1 Å². The van der Waals surface area contributed by atoms with Crippen molar-refractivity contribution in [3.63, 3.8) is 0 Å². The number of carbonyl (C=O) groups excluding carboxylic acids is 2. The van der Waals surface area contributed by atoms with E-state index in [1.807, 2.05) is 6.92 Å². The molecule has 0 saturated heterocycles. The lowest BCUT2D eigenvalue weighted by Crippen LogP contribution is -2.23. The van der Waals surface area contributed by atoms with Gasteiger partial charge in [-0.3, -0.25) is 9.59 Å². The lowest BCUT2D eigenvalue weighted by molar-refractivity contribution is -0.116. The maximum absolute atomic E-state index is 11.9. The van der Waals surface area contributed by atoms with Crippen molar-refractivity contribution in [3.8, 4) is 0 Å². The summed E-state index contributed by atoms with van der Waals surface area (Å²) in [5.41, 5.74) is 6.39. The molecule has 0 spiro atoms. The van der Waals surface area contributed by atoms with Crippen LogP contribution < -0.4 is 16.4 Å². The van der Waals surface area contributed by atoms with Gasteiger partial charge in [0.1, 0.15) is 12.9 Å². The van der Waals surface area contributed by atoms with Gasteiger partial charge in [0.05, 0.1) is 0 Å². The lowest BCUT2D eigenvalue weighted by atomic mass is 10.2. The summed E-state index contributed by atoms with van der Waals surface area (Å²) in [6.07, 6.45) is 1.38. The first-order chi connectivity index (χ1) is 10.1. The SMILES string of the molecule is CCNC(=O)c1cccc(NC(=O)Cn2cnc(N)n2)c1. The highest BCUT2D eigenvalue weighted by atomic mass is 16.2. The van der Waals surface area contributed by atoms with Gasteiger partial charge in [0.25, 0.3) is 5.91 Å². The molecule has 2 amide bonds. The Kier molecular flexibility index (Phi) is 4.50. The average molecular weight is 288 g/mol. The highest BCUT2D eigenvalue weighted by Gasteiger charge is 2.08. The Labute approximate surface area is 121 Å². The van der Waals surface area contributed by atoms with Gasteiger partial charge in [-0.05, 0) is 25.1 Å². The van der Waals surface area contributed by atoms with Gasteiger partial charge in [-0.15, -0.1) is 5.10 Å². The molecule has 0 aliphatic rings. The summed E-state index contributed by atoms with van der Waals surface area (Å²) >= 11 is 0. The summed E-state index contributed by atoms with van der Waals surface area (Å²) in [6, 6.07) is 6.70. The van der Waals surface area contributed by atoms with Crippen molar-refractivity contribution in [3.05, 3.63) is 36.2 Å². The summed E-state index contributed by atoms with van der Waals surface area (Å²) in [5, 5.41) is 9.21. The van der Waals surface area contributed by atoms with E-state index in [4.69, 9.17) is 5.73 Å². The molecular formula is C13H16N6O2. The molecule has 21 heavy (non-hydrogen) atoms. The molecule has 0 fully saturated rings. The predicted octanol–water partition coefficient (Wildman–Crippen LogP) is 0.249. The number of aromatic nitrogens is 3. The van der Waals surface area contributed by atoms with E-state index in [9.17, 15) is 9.59 Å². The van der Waals surface area contributed by atoms with Crippen LogP contribution in [0.3, 0.4) is 0 Å². The molecule has 0 radical (unpaired) electrons. The quantitative estimate of drug-likeness (QED) is 0.729. The molecule has 0 unspecified atom stereocenters. The number of hydrogen-bond donors (Lipinski definition) is 3. The molecule has 2 rings (SSSR count). The molecule has 1 aromatic heterocycles. The van der Waals surface area contributed by atoms with Gasteiger partial charge in [-0.25, -0.2) is 9.67 Å². The molecular weight excluding hydrogens is 272 g/mol. The molecule has 1 heterocycles. The largest absolute Gasteiger partial charge is 0.367 e. The van der Waals surface area contributed by atoms with Gasteiger partial charge < -0.3 is 16.4 Å². The van der Waals surface area contributed by atoms with Crippen LogP contribution in [-0.2, 0) is 11.3 Å². The van der Waals surface area contributed by atoms with Crippen LogP contribution in [0.5, 0.6) is 0 Å². The molecule has 0 bridgehead atoms. The second-order valence-electron chi connectivity index (χ2n) is 4.29. The summed E-state index contributed by atoms with van der Waals surface area (Å²) in [4.78, 5) is 27.3. The Morgan fingerprint density at radius 3 is 2.86 bits per heavy atom. The molecule has 8 heteroatoms. The van der Waals surface area contributed by atoms with Crippen LogP contribution in [0.4, 0.5) is 11.6 Å². The van der Waals surface area contributed by atoms with E-state index in [-0.39, 0.29) is 24.3 Å². The van der Waals surface area contributed by atoms with Gasteiger partial charge in [0, 0.05) is 17.8 Å². The second kappa shape index (κ2) is 6.51. The number of rotatable bonds is 5. The van der Waals surface area contributed by atoms with E-state index >= 15 is 0 Å². The van der Waals surface area contributed by atoms with Gasteiger partial charge in [0.15, 0.2) is 0 Å². The van der Waals surface area contributed by atoms with Crippen LogP contribution in [0.15, 0.2) is 30.6 Å². The average Bonchev–Trinajstić information content (AvgIpc) is 2.84. The predicted molar refractivity (Wildman–Crippen MR) is 77.5 cm³/mol. The third-order valence-electron chi connectivity index (χ3n) is 2.61.